The highest BCUT2D eigenvalue weighted by Gasteiger charge is 2.27. The second-order valence-corrected chi connectivity index (χ2v) is 8.04. The fraction of sp³-hybridized carbons (Fsp3) is 0.308. The second kappa shape index (κ2) is 10.8. The number of hydrogen-bond acceptors (Lipinski definition) is 6. The Morgan fingerprint density at radius 2 is 1.82 bits per heavy atom. The highest BCUT2D eigenvalue weighted by atomic mass is 16.5. The van der Waals surface area contributed by atoms with Crippen LogP contribution in [0.3, 0.4) is 0 Å². The van der Waals surface area contributed by atoms with Crippen LogP contribution in [0, 0.1) is 0 Å². The van der Waals surface area contributed by atoms with Gasteiger partial charge in [-0.25, -0.2) is 4.79 Å². The predicted octanol–water partition coefficient (Wildman–Crippen LogP) is 2.63. The van der Waals surface area contributed by atoms with E-state index < -0.39 is 5.97 Å². The van der Waals surface area contributed by atoms with E-state index in [1.165, 1.54) is 13.2 Å². The number of amides is 1. The highest BCUT2D eigenvalue weighted by Crippen LogP contribution is 2.25. The number of methoxy groups -OCH3 is 1. The molecule has 4 rings (SSSR count). The largest absolute Gasteiger partial charge is 0.486 e. The molecule has 8 nitrogen and oxygen atoms in total. The fourth-order valence-corrected chi connectivity index (χ4v) is 4.12. The number of hydrogen-bond donors (Lipinski definition) is 0. The molecular formula is C26H27N3O5. The van der Waals surface area contributed by atoms with Gasteiger partial charge in [0.15, 0.2) is 0 Å². The smallest absolute Gasteiger partial charge is 0.343 e. The predicted molar refractivity (Wildman–Crippen MR) is 126 cm³/mol. The van der Waals surface area contributed by atoms with Gasteiger partial charge in [-0.2, -0.15) is 0 Å². The van der Waals surface area contributed by atoms with E-state index >= 15 is 0 Å². The molecule has 1 aromatic carbocycles. The number of aryl methyl sites for hydroxylation is 1. The maximum atomic E-state index is 12.9. The molecule has 1 aliphatic rings. The van der Waals surface area contributed by atoms with Crippen molar-refractivity contribution < 1.29 is 19.1 Å². The van der Waals surface area contributed by atoms with Gasteiger partial charge in [0.2, 0.25) is 5.91 Å². The lowest BCUT2D eigenvalue weighted by Gasteiger charge is -2.20. The average molecular weight is 462 g/mol. The normalized spacial score (nSPS) is 13.0. The summed E-state index contributed by atoms with van der Waals surface area (Å²) in [5.74, 6) is -0.391. The molecule has 0 atom stereocenters. The lowest BCUT2D eigenvalue weighted by molar-refractivity contribution is -0.131. The molecule has 2 aromatic heterocycles. The Balaban J connectivity index is 1.54. The van der Waals surface area contributed by atoms with Gasteiger partial charge in [-0.15, -0.1) is 0 Å². The molecule has 0 spiro atoms. The van der Waals surface area contributed by atoms with E-state index in [0.29, 0.717) is 50.3 Å². The third-order valence-electron chi connectivity index (χ3n) is 5.91. The molecule has 0 aliphatic carbocycles. The Labute approximate surface area is 197 Å². The first-order chi connectivity index (χ1) is 16.6. The molecule has 1 aliphatic heterocycles. The zero-order chi connectivity index (χ0) is 23.9. The van der Waals surface area contributed by atoms with Crippen LogP contribution < -0.4 is 10.3 Å². The van der Waals surface area contributed by atoms with Crippen LogP contribution in [0.15, 0.2) is 65.6 Å². The van der Waals surface area contributed by atoms with Crippen LogP contribution in [0.2, 0.25) is 0 Å². The van der Waals surface area contributed by atoms with E-state index in [2.05, 4.69) is 4.98 Å². The van der Waals surface area contributed by atoms with Crippen molar-refractivity contribution in [2.75, 3.05) is 20.2 Å². The number of carbonyl (C=O) groups excluding carboxylic acids is 2. The third-order valence-corrected chi connectivity index (χ3v) is 5.91. The fourth-order valence-electron chi connectivity index (χ4n) is 4.12. The third kappa shape index (κ3) is 5.33. The summed E-state index contributed by atoms with van der Waals surface area (Å²) in [4.78, 5) is 44.5. The lowest BCUT2D eigenvalue weighted by atomic mass is 10.1. The number of nitrogens with zero attached hydrogens (tertiary/aromatic N) is 3. The molecular weight excluding hydrogens is 434 g/mol. The summed E-state index contributed by atoms with van der Waals surface area (Å²) in [6.07, 6.45) is 3.03. The molecule has 1 amide bonds. The molecule has 0 bridgehead atoms. The van der Waals surface area contributed by atoms with E-state index in [1.54, 1.807) is 27.8 Å². The Morgan fingerprint density at radius 1 is 1.03 bits per heavy atom. The molecule has 3 heterocycles. The number of esters is 1. The van der Waals surface area contributed by atoms with Gasteiger partial charge in [0.05, 0.1) is 12.8 Å². The molecule has 0 unspecified atom stereocenters. The lowest BCUT2D eigenvalue weighted by Crippen LogP contribution is -2.34. The molecule has 34 heavy (non-hydrogen) atoms. The Morgan fingerprint density at radius 3 is 2.56 bits per heavy atom. The molecule has 176 valence electrons. The van der Waals surface area contributed by atoms with Crippen molar-refractivity contribution in [3.8, 4) is 5.75 Å². The summed E-state index contributed by atoms with van der Waals surface area (Å²) in [5, 5.41) is 0. The summed E-state index contributed by atoms with van der Waals surface area (Å²) in [6, 6.07) is 16.6. The first-order valence-electron chi connectivity index (χ1n) is 11.3. The molecule has 0 N–H and O–H groups in total. The molecule has 8 heteroatoms. The molecule has 0 saturated carbocycles. The van der Waals surface area contributed by atoms with E-state index in [1.807, 2.05) is 36.4 Å². The number of carbonyl (C=O) groups is 2. The maximum Gasteiger partial charge on any atom is 0.343 e. The van der Waals surface area contributed by atoms with Crippen LogP contribution >= 0.6 is 0 Å². The number of benzene rings is 1. The molecule has 0 saturated heterocycles. The number of ether oxygens (including phenoxy) is 2. The standard InChI is InChI=1S/C26H27N3O5/c1-33-26(32)25-21-12-14-28(23(30)11-10-19-7-3-2-4-8-19)15-16-29(21)24(31)17-22(25)34-18-20-9-5-6-13-27-20/h2-9,13,17H,10-12,14-16,18H2,1H3. The minimum Gasteiger partial charge on any atom is -0.486 e. The summed E-state index contributed by atoms with van der Waals surface area (Å²) in [7, 11) is 1.29. The summed E-state index contributed by atoms with van der Waals surface area (Å²) < 4.78 is 12.4. The van der Waals surface area contributed by atoms with Crippen LogP contribution in [0.5, 0.6) is 5.75 Å². The summed E-state index contributed by atoms with van der Waals surface area (Å²) >= 11 is 0. The van der Waals surface area contributed by atoms with E-state index in [-0.39, 0.29) is 29.4 Å². The van der Waals surface area contributed by atoms with Crippen LogP contribution in [0.1, 0.15) is 33.7 Å². The zero-order valence-electron chi connectivity index (χ0n) is 19.1. The van der Waals surface area contributed by atoms with Crippen LogP contribution in [0.25, 0.3) is 0 Å². The average Bonchev–Trinajstić information content (AvgIpc) is 3.10. The molecule has 0 fully saturated rings. The SMILES string of the molecule is COC(=O)c1c(OCc2ccccn2)cc(=O)n2c1CCN(C(=O)CCc1ccccc1)CC2. The van der Waals surface area contributed by atoms with Crippen molar-refractivity contribution in [2.24, 2.45) is 0 Å². The first kappa shape index (κ1) is 23.2. The van der Waals surface area contributed by atoms with Crippen molar-refractivity contribution in [3.63, 3.8) is 0 Å². The number of pyridine rings is 2. The highest BCUT2D eigenvalue weighted by molar-refractivity contribution is 5.93. The van der Waals surface area contributed by atoms with Crippen molar-refractivity contribution in [1.29, 1.82) is 0 Å². The molecule has 3 aromatic rings. The van der Waals surface area contributed by atoms with Gasteiger partial charge >= 0.3 is 5.97 Å². The minimum absolute atomic E-state index is 0.0240. The quantitative estimate of drug-likeness (QED) is 0.503. The van der Waals surface area contributed by atoms with E-state index in [4.69, 9.17) is 9.47 Å². The van der Waals surface area contributed by atoms with Crippen LogP contribution in [-0.2, 0) is 35.5 Å². The van der Waals surface area contributed by atoms with Crippen LogP contribution in [-0.4, -0.2) is 46.5 Å². The molecule has 0 radical (unpaired) electrons. The van der Waals surface area contributed by atoms with Gasteiger partial charge in [0.25, 0.3) is 5.56 Å². The Hall–Kier alpha value is -3.94. The summed E-state index contributed by atoms with van der Waals surface area (Å²) in [5.41, 5.74) is 2.24. The van der Waals surface area contributed by atoms with Gasteiger partial charge in [0, 0.05) is 50.4 Å². The number of fused-ring (bicyclic) bond motifs is 1. The minimum atomic E-state index is -0.580. The maximum absolute atomic E-state index is 12.9. The number of aromatic nitrogens is 2. The van der Waals surface area contributed by atoms with Crippen LogP contribution in [0.4, 0.5) is 0 Å². The topological polar surface area (TPSA) is 90.7 Å². The second-order valence-electron chi connectivity index (χ2n) is 8.04. The van der Waals surface area contributed by atoms with Crippen molar-refractivity contribution in [1.82, 2.24) is 14.5 Å². The zero-order valence-corrected chi connectivity index (χ0v) is 19.1. The van der Waals surface area contributed by atoms with Gasteiger partial charge in [-0.1, -0.05) is 36.4 Å². The Kier molecular flexibility index (Phi) is 7.37. The van der Waals surface area contributed by atoms with Crippen molar-refractivity contribution in [3.05, 3.63) is 93.7 Å². The summed E-state index contributed by atoms with van der Waals surface area (Å²) in [6.45, 7) is 1.21. The number of rotatable bonds is 7. The Bertz CT molecular complexity index is 1210. The van der Waals surface area contributed by atoms with Gasteiger partial charge in [-0.05, 0) is 24.1 Å². The van der Waals surface area contributed by atoms with Gasteiger partial charge in [0.1, 0.15) is 17.9 Å². The monoisotopic (exact) mass is 461 g/mol. The van der Waals surface area contributed by atoms with Crippen molar-refractivity contribution >= 4 is 11.9 Å². The van der Waals surface area contributed by atoms with Gasteiger partial charge in [-0.3, -0.25) is 14.6 Å². The van der Waals surface area contributed by atoms with Gasteiger partial charge < -0.3 is 18.9 Å². The van der Waals surface area contributed by atoms with Crippen molar-refractivity contribution in [2.45, 2.75) is 32.4 Å². The first-order valence-corrected chi connectivity index (χ1v) is 11.3. The van der Waals surface area contributed by atoms with E-state index in [0.717, 1.165) is 5.56 Å². The van der Waals surface area contributed by atoms with E-state index in [9.17, 15) is 14.4 Å².